The number of aryl methyl sites for hydroxylation is 1. The number of carboxylic acid groups (broad SMARTS) is 1. The summed E-state index contributed by atoms with van der Waals surface area (Å²) in [5.41, 5.74) is 2.84. The first-order valence-corrected chi connectivity index (χ1v) is 14.3. The van der Waals surface area contributed by atoms with Gasteiger partial charge in [-0.2, -0.15) is 0 Å². The molecule has 8 heteroatoms. The zero-order valence-electron chi connectivity index (χ0n) is 24.7. The van der Waals surface area contributed by atoms with Crippen molar-refractivity contribution in [1.82, 2.24) is 4.98 Å². The van der Waals surface area contributed by atoms with Gasteiger partial charge in [-0.1, -0.05) is 58.0 Å². The summed E-state index contributed by atoms with van der Waals surface area (Å²) in [4.78, 5) is 57.2. The number of nitrogens with zero attached hydrogens (tertiary/aromatic N) is 1. The molecule has 3 N–H and O–H groups in total. The van der Waals surface area contributed by atoms with Crippen LogP contribution in [-0.2, 0) is 11.8 Å². The number of Topliss-reactive ketones (excluding diaryl/α,β-unsaturated/α-hetero) is 2. The molecule has 5 aromatic rings. The summed E-state index contributed by atoms with van der Waals surface area (Å²) in [6.07, 6.45) is 0.550. The molecule has 1 aromatic heterocycles. The number of amides is 1. The normalized spacial score (nSPS) is 14.7. The number of phenols is 1. The van der Waals surface area contributed by atoms with Crippen LogP contribution in [0.1, 0.15) is 91.9 Å². The molecule has 1 amide bonds. The molecule has 1 heterocycles. The number of fused-ring (bicyclic) bond motifs is 3. The molecule has 0 saturated heterocycles. The molecule has 1 atom stereocenters. The van der Waals surface area contributed by atoms with E-state index in [4.69, 9.17) is 4.98 Å². The Kier molecular flexibility index (Phi) is 6.80. The van der Waals surface area contributed by atoms with Crippen molar-refractivity contribution < 1.29 is 29.4 Å². The minimum atomic E-state index is -1.19. The number of carbonyl (C=O) groups excluding carboxylic acids is 3. The third-order valence-electron chi connectivity index (χ3n) is 8.23. The number of aromatic hydroxyl groups is 1. The topological polar surface area (TPSA) is 134 Å². The number of hydrogen-bond acceptors (Lipinski definition) is 6. The summed E-state index contributed by atoms with van der Waals surface area (Å²) >= 11 is 0. The molecule has 1 aliphatic rings. The van der Waals surface area contributed by atoms with Gasteiger partial charge in [0.1, 0.15) is 11.7 Å². The van der Waals surface area contributed by atoms with Crippen molar-refractivity contribution in [2.24, 2.45) is 0 Å². The van der Waals surface area contributed by atoms with Crippen LogP contribution in [0.4, 0.5) is 5.69 Å². The van der Waals surface area contributed by atoms with Gasteiger partial charge in [0.15, 0.2) is 11.6 Å². The predicted molar refractivity (Wildman–Crippen MR) is 168 cm³/mol. The number of hydrogen-bond donors (Lipinski definition) is 3. The van der Waals surface area contributed by atoms with Crippen molar-refractivity contribution >= 4 is 50.8 Å². The summed E-state index contributed by atoms with van der Waals surface area (Å²) in [5, 5.41) is 25.0. The third kappa shape index (κ3) is 4.68. The summed E-state index contributed by atoms with van der Waals surface area (Å²) in [5.74, 6) is -3.37. The third-order valence-corrected chi connectivity index (χ3v) is 8.23. The van der Waals surface area contributed by atoms with Crippen LogP contribution in [-0.4, -0.2) is 38.6 Å². The Labute approximate surface area is 253 Å². The standard InChI is InChI=1S/C36H30N2O6/c1-5-18-14-21(16-26(31(18)39)36(2,3)4)34(42)38-28-11-7-8-19-12-13-27(37-30(19)28)29-32(40)24-15-20-9-6-10-22(35(43)44)23(20)17-25(24)33(29)41/h6-17,29,39H,5H2,1-4H3,(H,38,42)(H,43,44). The predicted octanol–water partition coefficient (Wildman–Crippen LogP) is 7.07. The average molecular weight is 587 g/mol. The SMILES string of the molecule is CCc1cc(C(=O)Nc2cccc3ccc(C4C(=O)c5cc6cccc(C(=O)O)c6cc5C4=O)nc23)cc(C(C)(C)C)c1O. The molecule has 0 spiro atoms. The van der Waals surface area contributed by atoms with Crippen molar-refractivity contribution in [2.75, 3.05) is 5.32 Å². The first-order valence-electron chi connectivity index (χ1n) is 14.3. The number of carbonyl (C=O) groups is 4. The summed E-state index contributed by atoms with van der Waals surface area (Å²) in [6.45, 7) is 7.82. The van der Waals surface area contributed by atoms with Crippen LogP contribution in [0.25, 0.3) is 21.7 Å². The molecule has 0 saturated carbocycles. The molecule has 0 aliphatic heterocycles. The highest BCUT2D eigenvalue weighted by Crippen LogP contribution is 2.38. The van der Waals surface area contributed by atoms with Gasteiger partial charge in [0.25, 0.3) is 5.91 Å². The van der Waals surface area contributed by atoms with Crippen LogP contribution in [0, 0.1) is 0 Å². The lowest BCUT2D eigenvalue weighted by Gasteiger charge is -2.23. The first-order chi connectivity index (χ1) is 20.9. The number of nitrogens with one attached hydrogen (secondary N) is 1. The van der Waals surface area contributed by atoms with Crippen molar-refractivity contribution in [1.29, 1.82) is 0 Å². The van der Waals surface area contributed by atoms with Gasteiger partial charge in [-0.15, -0.1) is 0 Å². The van der Waals surface area contributed by atoms with E-state index in [1.54, 1.807) is 54.6 Å². The number of anilines is 1. The van der Waals surface area contributed by atoms with Gasteiger partial charge in [0, 0.05) is 27.6 Å². The molecule has 8 nitrogen and oxygen atoms in total. The van der Waals surface area contributed by atoms with E-state index in [1.807, 2.05) is 33.8 Å². The number of aromatic carboxylic acids is 1. The van der Waals surface area contributed by atoms with Crippen LogP contribution < -0.4 is 5.32 Å². The monoisotopic (exact) mass is 586 g/mol. The van der Waals surface area contributed by atoms with Gasteiger partial charge < -0.3 is 15.5 Å². The molecule has 0 fully saturated rings. The molecule has 0 radical (unpaired) electrons. The maximum absolute atomic E-state index is 13.6. The van der Waals surface area contributed by atoms with E-state index in [1.165, 1.54) is 12.1 Å². The number of ketones is 2. The maximum Gasteiger partial charge on any atom is 0.336 e. The lowest BCUT2D eigenvalue weighted by molar-refractivity contribution is 0.0698. The number of rotatable bonds is 5. The van der Waals surface area contributed by atoms with E-state index >= 15 is 0 Å². The van der Waals surface area contributed by atoms with Crippen LogP contribution in [0.2, 0.25) is 0 Å². The number of para-hydroxylation sites is 1. The smallest absolute Gasteiger partial charge is 0.336 e. The highest BCUT2D eigenvalue weighted by Gasteiger charge is 2.41. The van der Waals surface area contributed by atoms with Crippen LogP contribution in [0.5, 0.6) is 5.75 Å². The molecule has 44 heavy (non-hydrogen) atoms. The van der Waals surface area contributed by atoms with Gasteiger partial charge in [-0.25, -0.2) is 9.78 Å². The molecule has 220 valence electrons. The summed E-state index contributed by atoms with van der Waals surface area (Å²) in [7, 11) is 0. The van der Waals surface area contributed by atoms with Crippen molar-refractivity contribution in [2.45, 2.75) is 45.4 Å². The first kappa shape index (κ1) is 28.7. The van der Waals surface area contributed by atoms with E-state index in [0.717, 1.165) is 0 Å². The van der Waals surface area contributed by atoms with E-state index in [9.17, 15) is 29.4 Å². The molecule has 1 aliphatic carbocycles. The van der Waals surface area contributed by atoms with E-state index in [2.05, 4.69) is 5.32 Å². The fourth-order valence-electron chi connectivity index (χ4n) is 5.90. The Morgan fingerprint density at radius 3 is 2.25 bits per heavy atom. The van der Waals surface area contributed by atoms with E-state index in [0.29, 0.717) is 50.5 Å². The summed E-state index contributed by atoms with van der Waals surface area (Å²) in [6, 6.07) is 19.9. The molecule has 6 rings (SSSR count). The van der Waals surface area contributed by atoms with Crippen molar-refractivity contribution in [3.63, 3.8) is 0 Å². The van der Waals surface area contributed by atoms with E-state index in [-0.39, 0.29) is 39.5 Å². The number of phenolic OH excluding ortho intramolecular Hbond substituents is 1. The summed E-state index contributed by atoms with van der Waals surface area (Å²) < 4.78 is 0. The lowest BCUT2D eigenvalue weighted by atomic mass is 9.83. The van der Waals surface area contributed by atoms with Crippen LogP contribution in [0.3, 0.4) is 0 Å². The Morgan fingerprint density at radius 1 is 0.886 bits per heavy atom. The second-order valence-corrected chi connectivity index (χ2v) is 12.1. The van der Waals surface area contributed by atoms with E-state index < -0.39 is 23.5 Å². The average Bonchev–Trinajstić information content (AvgIpc) is 3.23. The van der Waals surface area contributed by atoms with Gasteiger partial charge in [-0.3, -0.25) is 14.4 Å². The molecule has 4 aromatic carbocycles. The quantitative estimate of drug-likeness (QED) is 0.188. The maximum atomic E-state index is 13.6. The Balaban J connectivity index is 1.39. The molecular weight excluding hydrogens is 556 g/mol. The number of aromatic nitrogens is 1. The van der Waals surface area contributed by atoms with Gasteiger partial charge >= 0.3 is 5.97 Å². The lowest BCUT2D eigenvalue weighted by Crippen LogP contribution is -2.18. The fraction of sp³-hybridized carbons (Fsp3) is 0.194. The number of carboxylic acids is 1. The number of benzene rings is 4. The van der Waals surface area contributed by atoms with Crippen LogP contribution in [0.15, 0.2) is 72.8 Å². The molecule has 0 bridgehead atoms. The molecular formula is C36H30N2O6. The van der Waals surface area contributed by atoms with Crippen molar-refractivity contribution in [3.8, 4) is 5.75 Å². The molecule has 1 unspecified atom stereocenters. The largest absolute Gasteiger partial charge is 0.507 e. The fourth-order valence-corrected chi connectivity index (χ4v) is 5.90. The number of pyridine rings is 1. The van der Waals surface area contributed by atoms with Crippen molar-refractivity contribution in [3.05, 3.63) is 112 Å². The highest BCUT2D eigenvalue weighted by molar-refractivity contribution is 6.31. The highest BCUT2D eigenvalue weighted by atomic mass is 16.4. The van der Waals surface area contributed by atoms with Crippen LogP contribution >= 0.6 is 0 Å². The minimum absolute atomic E-state index is 0.0486. The second kappa shape index (κ2) is 10.4. The van der Waals surface area contributed by atoms with Gasteiger partial charge in [0.2, 0.25) is 0 Å². The zero-order chi connectivity index (χ0) is 31.5. The Hall–Kier alpha value is -5.37. The zero-order valence-corrected chi connectivity index (χ0v) is 24.7. The second-order valence-electron chi connectivity index (χ2n) is 12.1. The minimum Gasteiger partial charge on any atom is -0.507 e. The Morgan fingerprint density at radius 2 is 1.57 bits per heavy atom. The Bertz CT molecular complexity index is 2070. The van der Waals surface area contributed by atoms with Gasteiger partial charge in [-0.05, 0) is 70.6 Å². The van der Waals surface area contributed by atoms with Gasteiger partial charge in [0.05, 0.1) is 22.5 Å².